The van der Waals surface area contributed by atoms with Gasteiger partial charge in [0.1, 0.15) is 24.6 Å². The Morgan fingerprint density at radius 2 is 1.83 bits per heavy atom. The Bertz CT molecular complexity index is 1280. The first kappa shape index (κ1) is 30.5. The number of nitrogens with zero attached hydrogens (tertiary/aromatic N) is 4. The zero-order valence-corrected chi connectivity index (χ0v) is 23.9. The lowest BCUT2D eigenvalue weighted by Crippen LogP contribution is -2.76. The van der Waals surface area contributed by atoms with E-state index in [1.807, 2.05) is 37.3 Å². The summed E-state index contributed by atoms with van der Waals surface area (Å²) in [6.07, 6.45) is 0.705. The highest BCUT2D eigenvalue weighted by molar-refractivity contribution is 5.91. The number of halogens is 1. The van der Waals surface area contributed by atoms with Gasteiger partial charge in [0.15, 0.2) is 0 Å². The normalized spacial score (nSPS) is 19.6. The number of nitrogens with one attached hydrogen (secondary N) is 2. The van der Waals surface area contributed by atoms with Gasteiger partial charge in [-0.25, -0.2) is 24.0 Å². The Labute approximate surface area is 244 Å². The molecule has 2 saturated heterocycles. The van der Waals surface area contributed by atoms with Crippen molar-refractivity contribution in [1.82, 2.24) is 30.5 Å². The summed E-state index contributed by atoms with van der Waals surface area (Å²) < 4.78 is 18.6. The maximum absolute atomic E-state index is 13.9. The fraction of sp³-hybridized carbons (Fsp3) is 0.400. The number of rotatable bonds is 10. The zero-order valence-electron chi connectivity index (χ0n) is 23.9. The van der Waals surface area contributed by atoms with Crippen molar-refractivity contribution in [2.75, 3.05) is 33.3 Å². The lowest BCUT2D eigenvalue weighted by molar-refractivity contribution is -0.189. The number of hydrogen-bond acceptors (Lipinski definition) is 6. The van der Waals surface area contributed by atoms with E-state index in [0.29, 0.717) is 6.42 Å². The Hall–Kier alpha value is -4.45. The molecule has 2 aromatic carbocycles. The minimum Gasteiger partial charge on any atom is -0.445 e. The van der Waals surface area contributed by atoms with Crippen LogP contribution >= 0.6 is 0 Å². The topological polar surface area (TPSA) is 115 Å². The third kappa shape index (κ3) is 7.06. The first-order chi connectivity index (χ1) is 20.2. The van der Waals surface area contributed by atoms with Crippen molar-refractivity contribution in [3.8, 4) is 0 Å². The number of piperazine rings is 1. The van der Waals surface area contributed by atoms with E-state index in [-0.39, 0.29) is 56.8 Å². The number of benzene rings is 2. The number of hydrogen-bond donors (Lipinski definition) is 2. The monoisotopic (exact) mass is 580 g/mol. The van der Waals surface area contributed by atoms with Crippen molar-refractivity contribution in [3.05, 3.63) is 84.2 Å². The first-order valence-electron chi connectivity index (χ1n) is 13.9. The van der Waals surface area contributed by atoms with Crippen LogP contribution < -0.4 is 10.6 Å². The van der Waals surface area contributed by atoms with Crippen LogP contribution in [0.15, 0.2) is 67.3 Å². The van der Waals surface area contributed by atoms with Crippen LogP contribution in [0.4, 0.5) is 14.0 Å². The largest absolute Gasteiger partial charge is 0.445 e. The number of amides is 5. The first-order valence-corrected chi connectivity index (χ1v) is 13.9. The molecule has 0 saturated carbocycles. The Morgan fingerprint density at radius 3 is 2.52 bits per heavy atom. The molecule has 1 unspecified atom stereocenters. The van der Waals surface area contributed by atoms with Gasteiger partial charge in [0, 0.05) is 20.1 Å². The maximum atomic E-state index is 13.9. The number of urea groups is 1. The molecule has 11 nitrogen and oxygen atoms in total. The van der Waals surface area contributed by atoms with E-state index in [1.54, 1.807) is 29.1 Å². The number of carbonyl (C=O) groups is 4. The second-order valence-electron chi connectivity index (χ2n) is 10.3. The molecule has 224 valence electrons. The quantitative estimate of drug-likeness (QED) is 0.330. The second kappa shape index (κ2) is 13.9. The van der Waals surface area contributed by atoms with Gasteiger partial charge in [0.25, 0.3) is 0 Å². The zero-order chi connectivity index (χ0) is 30.2. The minimum atomic E-state index is -0.872. The maximum Gasteiger partial charge on any atom is 0.407 e. The van der Waals surface area contributed by atoms with E-state index in [0.717, 1.165) is 11.1 Å². The minimum absolute atomic E-state index is 0.0643. The molecule has 2 aliphatic rings. The molecule has 2 aromatic rings. The summed E-state index contributed by atoms with van der Waals surface area (Å²) in [6, 6.07) is 13.6. The molecule has 4 rings (SSSR count). The average Bonchev–Trinajstić information content (AvgIpc) is 2.98. The van der Waals surface area contributed by atoms with E-state index >= 15 is 0 Å². The third-order valence-corrected chi connectivity index (χ3v) is 7.46. The van der Waals surface area contributed by atoms with Gasteiger partial charge in [0.05, 0.1) is 19.1 Å². The van der Waals surface area contributed by atoms with Gasteiger partial charge >= 0.3 is 12.1 Å². The molecule has 0 spiro atoms. The second-order valence-corrected chi connectivity index (χ2v) is 10.3. The van der Waals surface area contributed by atoms with Gasteiger partial charge in [-0.2, -0.15) is 0 Å². The molecule has 0 aliphatic carbocycles. The van der Waals surface area contributed by atoms with Crippen LogP contribution in [-0.4, -0.2) is 89.3 Å². The molecule has 2 aliphatic heterocycles. The highest BCUT2D eigenvalue weighted by Crippen LogP contribution is 2.32. The van der Waals surface area contributed by atoms with Crippen LogP contribution in [0.1, 0.15) is 36.9 Å². The Balaban J connectivity index is 1.57. The summed E-state index contributed by atoms with van der Waals surface area (Å²) >= 11 is 0. The van der Waals surface area contributed by atoms with Gasteiger partial charge in [0.2, 0.25) is 11.8 Å². The highest BCUT2D eigenvalue weighted by atomic mass is 19.1. The molecule has 42 heavy (non-hydrogen) atoms. The third-order valence-electron chi connectivity index (χ3n) is 7.46. The van der Waals surface area contributed by atoms with Crippen molar-refractivity contribution < 1.29 is 28.3 Å². The summed E-state index contributed by atoms with van der Waals surface area (Å²) in [7, 11) is 1.66. The predicted octanol–water partition coefficient (Wildman–Crippen LogP) is 3.02. The number of alkyl carbamates (subject to hydrolysis) is 1. The van der Waals surface area contributed by atoms with E-state index in [9.17, 15) is 23.6 Å². The summed E-state index contributed by atoms with van der Waals surface area (Å²) in [5, 5.41) is 8.61. The molecule has 0 radical (unpaired) electrons. The molecule has 2 heterocycles. The van der Waals surface area contributed by atoms with Crippen LogP contribution in [0.25, 0.3) is 0 Å². The highest BCUT2D eigenvalue weighted by Gasteiger charge is 2.51. The van der Waals surface area contributed by atoms with Crippen molar-refractivity contribution in [1.29, 1.82) is 0 Å². The van der Waals surface area contributed by atoms with Crippen molar-refractivity contribution in [2.45, 2.75) is 44.6 Å². The Morgan fingerprint density at radius 1 is 1.12 bits per heavy atom. The van der Waals surface area contributed by atoms with Crippen molar-refractivity contribution >= 4 is 23.9 Å². The molecule has 2 fully saturated rings. The van der Waals surface area contributed by atoms with E-state index < -0.39 is 30.4 Å². The van der Waals surface area contributed by atoms with E-state index in [1.165, 1.54) is 28.1 Å². The molecular formula is C30H37FN6O5. The van der Waals surface area contributed by atoms with Crippen LogP contribution in [0.2, 0.25) is 0 Å². The molecular weight excluding hydrogens is 543 g/mol. The van der Waals surface area contributed by atoms with Crippen molar-refractivity contribution in [3.63, 3.8) is 0 Å². The predicted molar refractivity (Wildman–Crippen MR) is 153 cm³/mol. The van der Waals surface area contributed by atoms with E-state index in [2.05, 4.69) is 17.2 Å². The van der Waals surface area contributed by atoms with Crippen LogP contribution in [0.3, 0.4) is 0 Å². The van der Waals surface area contributed by atoms with Gasteiger partial charge in [-0.05, 0) is 43.0 Å². The fourth-order valence-electron chi connectivity index (χ4n) is 5.34. The molecule has 0 aromatic heterocycles. The summed E-state index contributed by atoms with van der Waals surface area (Å²) in [4.78, 5) is 55.9. The van der Waals surface area contributed by atoms with Crippen LogP contribution in [0, 0.1) is 5.82 Å². The number of hydrazine groups is 1. The number of ether oxygens (including phenoxy) is 1. The number of likely N-dealkylation sites (N-methyl/N-ethyl adjacent to an activating group) is 1. The van der Waals surface area contributed by atoms with Crippen LogP contribution in [0.5, 0.6) is 0 Å². The lowest BCUT2D eigenvalue weighted by Gasteiger charge is -2.55. The molecule has 12 heteroatoms. The molecule has 5 amide bonds. The number of carbonyl (C=O) groups excluding carboxylic acids is 4. The summed E-state index contributed by atoms with van der Waals surface area (Å²) in [5.74, 6) is -0.944. The smallest absolute Gasteiger partial charge is 0.407 e. The summed E-state index contributed by atoms with van der Waals surface area (Å²) in [6.45, 7) is 5.90. The van der Waals surface area contributed by atoms with Gasteiger partial charge in [-0.15, -0.1) is 0 Å². The number of fused-ring (bicyclic) bond motifs is 1. The molecule has 0 bridgehead atoms. The SMILES string of the molecule is C=CCOC(=O)NCCC[C@H]1C(=O)N(C(C)c2ccc(F)cc2)C[C@H]2N1C(=O)CN(C)N2C(=O)NCc1ccccc1. The van der Waals surface area contributed by atoms with Gasteiger partial charge in [-0.1, -0.05) is 55.1 Å². The van der Waals surface area contributed by atoms with Crippen molar-refractivity contribution in [2.24, 2.45) is 0 Å². The fourth-order valence-corrected chi connectivity index (χ4v) is 5.34. The summed E-state index contributed by atoms with van der Waals surface area (Å²) in [5.41, 5.74) is 1.64. The molecule has 2 N–H and O–H groups in total. The van der Waals surface area contributed by atoms with Gasteiger partial charge < -0.3 is 25.2 Å². The lowest BCUT2D eigenvalue weighted by atomic mass is 9.98. The molecule has 3 atom stereocenters. The standard InChI is InChI=1S/C30H37FN6O5/c1-4-17-42-30(41)32-16-8-11-25-28(39)35(21(2)23-12-14-24(31)15-13-23)19-26-36(25)27(38)20-34(3)37(26)29(40)33-18-22-9-6-5-7-10-22/h4-7,9-10,12-15,21,25-26H,1,8,11,16-20H2,2-3H3,(H,32,41)(H,33,40)/t21?,25-,26-/m0/s1. The van der Waals surface area contributed by atoms with Gasteiger partial charge in [-0.3, -0.25) is 9.59 Å². The Kier molecular flexibility index (Phi) is 10.1. The van der Waals surface area contributed by atoms with E-state index in [4.69, 9.17) is 4.74 Å². The average molecular weight is 581 g/mol. The van der Waals surface area contributed by atoms with Crippen LogP contribution in [-0.2, 0) is 20.9 Å².